The van der Waals surface area contributed by atoms with Crippen LogP contribution in [-0.4, -0.2) is 10.8 Å². The molecule has 0 saturated carbocycles. The van der Waals surface area contributed by atoms with Crippen LogP contribution >= 0.6 is 11.8 Å². The summed E-state index contributed by atoms with van der Waals surface area (Å²) in [6.45, 7) is 1.32. The van der Waals surface area contributed by atoms with Crippen molar-refractivity contribution < 1.29 is 22.4 Å². The Hall–Kier alpha value is -1.89. The zero-order valence-corrected chi connectivity index (χ0v) is 11.6. The highest BCUT2D eigenvalue weighted by Crippen LogP contribution is 2.32. The van der Waals surface area contributed by atoms with Crippen molar-refractivity contribution >= 4 is 17.5 Å². The molecule has 0 radical (unpaired) electrons. The van der Waals surface area contributed by atoms with Crippen molar-refractivity contribution in [1.82, 2.24) is 4.98 Å². The fourth-order valence-electron chi connectivity index (χ4n) is 1.52. The van der Waals surface area contributed by atoms with E-state index in [1.807, 2.05) is 0 Å². The van der Waals surface area contributed by atoms with E-state index in [-0.39, 0.29) is 21.3 Å². The summed E-state index contributed by atoms with van der Waals surface area (Å²) in [5.41, 5.74) is -0.628. The van der Waals surface area contributed by atoms with Crippen molar-refractivity contribution in [3.05, 3.63) is 53.5 Å². The summed E-state index contributed by atoms with van der Waals surface area (Å²) in [7, 11) is 0. The van der Waals surface area contributed by atoms with Gasteiger partial charge in [-0.1, -0.05) is 17.8 Å². The Morgan fingerprint density at radius 3 is 2.38 bits per heavy atom. The summed E-state index contributed by atoms with van der Waals surface area (Å²) in [5, 5.41) is 0.234. The molecule has 0 amide bonds. The smallest absolute Gasteiger partial charge is 0.295 e. The van der Waals surface area contributed by atoms with Gasteiger partial charge in [0.25, 0.3) is 0 Å². The maximum absolute atomic E-state index is 13.8. The highest BCUT2D eigenvalue weighted by Gasteiger charge is 2.30. The number of ketones is 1. The number of pyridine rings is 1. The molecule has 0 aliphatic carbocycles. The van der Waals surface area contributed by atoms with E-state index in [2.05, 4.69) is 4.98 Å². The third-order valence-corrected chi connectivity index (χ3v) is 3.62. The second-order valence-electron chi connectivity index (χ2n) is 4.19. The molecule has 0 aliphatic rings. The Labute approximate surface area is 122 Å². The van der Waals surface area contributed by atoms with Crippen LogP contribution in [0.25, 0.3) is 0 Å². The lowest BCUT2D eigenvalue weighted by Gasteiger charge is -2.07. The summed E-state index contributed by atoms with van der Waals surface area (Å²) in [6.07, 6.45) is -3.76. The molecule has 2 aromatic rings. The van der Waals surface area contributed by atoms with Gasteiger partial charge in [0, 0.05) is 16.7 Å². The fraction of sp³-hybridized carbons (Fsp3) is 0.143. The molecule has 0 N–H and O–H groups in total. The summed E-state index contributed by atoms with van der Waals surface area (Å²) >= 11 is 0.889. The van der Waals surface area contributed by atoms with E-state index in [4.69, 9.17) is 0 Å². The van der Waals surface area contributed by atoms with Crippen LogP contribution in [0, 0.1) is 5.82 Å². The summed E-state index contributed by atoms with van der Waals surface area (Å²) in [4.78, 5) is 14.9. The molecule has 0 saturated heterocycles. The number of carbonyl (C=O) groups excluding carboxylic acids is 1. The SMILES string of the molecule is CC(=O)c1ccc(Sc2ccc(C(F)(F)F)cn2)c(F)c1. The van der Waals surface area contributed by atoms with Crippen LogP contribution in [0.2, 0.25) is 0 Å². The largest absolute Gasteiger partial charge is 0.417 e. The molecular weight excluding hydrogens is 306 g/mol. The van der Waals surface area contributed by atoms with Gasteiger partial charge < -0.3 is 0 Å². The van der Waals surface area contributed by atoms with Gasteiger partial charge in [0.05, 0.1) is 5.56 Å². The zero-order chi connectivity index (χ0) is 15.6. The molecule has 0 aliphatic heterocycles. The quantitative estimate of drug-likeness (QED) is 0.613. The Bertz CT molecular complexity index is 668. The molecule has 2 rings (SSSR count). The number of hydrogen-bond donors (Lipinski definition) is 0. The van der Waals surface area contributed by atoms with Crippen molar-refractivity contribution in [2.75, 3.05) is 0 Å². The Kier molecular flexibility index (Phi) is 4.32. The molecule has 2 nitrogen and oxygen atoms in total. The van der Waals surface area contributed by atoms with Gasteiger partial charge in [0.2, 0.25) is 0 Å². The minimum Gasteiger partial charge on any atom is -0.295 e. The number of carbonyl (C=O) groups is 1. The predicted molar refractivity (Wildman–Crippen MR) is 69.8 cm³/mol. The van der Waals surface area contributed by atoms with Crippen molar-refractivity contribution in [3.63, 3.8) is 0 Å². The second kappa shape index (κ2) is 5.85. The fourth-order valence-corrected chi connectivity index (χ4v) is 2.28. The van der Waals surface area contributed by atoms with E-state index in [0.29, 0.717) is 6.20 Å². The second-order valence-corrected chi connectivity index (χ2v) is 5.25. The molecule has 0 fully saturated rings. The van der Waals surface area contributed by atoms with Gasteiger partial charge in [-0.15, -0.1) is 0 Å². The lowest BCUT2D eigenvalue weighted by atomic mass is 10.1. The van der Waals surface area contributed by atoms with Crippen LogP contribution in [-0.2, 0) is 6.18 Å². The van der Waals surface area contributed by atoms with E-state index in [9.17, 15) is 22.4 Å². The van der Waals surface area contributed by atoms with E-state index < -0.39 is 17.6 Å². The van der Waals surface area contributed by atoms with Gasteiger partial charge in [0.15, 0.2) is 5.78 Å². The van der Waals surface area contributed by atoms with Crippen molar-refractivity contribution in [2.45, 2.75) is 23.0 Å². The van der Waals surface area contributed by atoms with Crippen LogP contribution in [0.3, 0.4) is 0 Å². The number of halogens is 4. The number of hydrogen-bond acceptors (Lipinski definition) is 3. The monoisotopic (exact) mass is 315 g/mol. The average Bonchev–Trinajstić information content (AvgIpc) is 2.40. The molecule has 0 atom stereocenters. The van der Waals surface area contributed by atoms with Crippen molar-refractivity contribution in [3.8, 4) is 0 Å². The lowest BCUT2D eigenvalue weighted by Crippen LogP contribution is -2.05. The Morgan fingerprint density at radius 1 is 1.19 bits per heavy atom. The molecule has 21 heavy (non-hydrogen) atoms. The molecular formula is C14H9F4NOS. The average molecular weight is 315 g/mol. The third-order valence-electron chi connectivity index (χ3n) is 2.62. The summed E-state index contributed by atoms with van der Waals surface area (Å²) in [6, 6.07) is 6.01. The minimum absolute atomic E-state index is 0.187. The standard InChI is InChI=1S/C14H9F4NOS/c1-8(20)9-2-4-12(11(15)6-9)21-13-5-3-10(7-19-13)14(16,17)18/h2-7H,1H3. The minimum atomic E-state index is -4.45. The topological polar surface area (TPSA) is 30.0 Å². The Balaban J connectivity index is 2.20. The van der Waals surface area contributed by atoms with Crippen LogP contribution in [0.1, 0.15) is 22.8 Å². The van der Waals surface area contributed by atoms with Crippen LogP contribution in [0.5, 0.6) is 0 Å². The molecule has 1 heterocycles. The molecule has 0 bridgehead atoms. The highest BCUT2D eigenvalue weighted by atomic mass is 32.2. The van der Waals surface area contributed by atoms with Crippen LogP contribution < -0.4 is 0 Å². The number of aromatic nitrogens is 1. The first-order valence-corrected chi connectivity index (χ1v) is 6.60. The van der Waals surface area contributed by atoms with Gasteiger partial charge in [-0.05, 0) is 31.2 Å². The molecule has 1 aromatic carbocycles. The lowest BCUT2D eigenvalue weighted by molar-refractivity contribution is -0.137. The van der Waals surface area contributed by atoms with Crippen molar-refractivity contribution in [2.24, 2.45) is 0 Å². The zero-order valence-electron chi connectivity index (χ0n) is 10.7. The summed E-state index contributed by atoms with van der Waals surface area (Å²) in [5.74, 6) is -0.882. The van der Waals surface area contributed by atoms with Gasteiger partial charge in [-0.25, -0.2) is 9.37 Å². The predicted octanol–water partition coefficient (Wildman–Crippen LogP) is 4.59. The number of Topliss-reactive ketones (excluding diaryl/α,β-unsaturated/α-hetero) is 1. The highest BCUT2D eigenvalue weighted by molar-refractivity contribution is 7.99. The number of rotatable bonds is 3. The van der Waals surface area contributed by atoms with E-state index in [1.54, 1.807) is 0 Å². The molecule has 7 heteroatoms. The molecule has 1 aromatic heterocycles. The van der Waals surface area contributed by atoms with Crippen molar-refractivity contribution in [1.29, 1.82) is 0 Å². The van der Waals surface area contributed by atoms with E-state index >= 15 is 0 Å². The molecule has 0 spiro atoms. The van der Waals surface area contributed by atoms with Gasteiger partial charge in [0.1, 0.15) is 10.8 Å². The van der Waals surface area contributed by atoms with E-state index in [1.165, 1.54) is 25.1 Å². The van der Waals surface area contributed by atoms with E-state index in [0.717, 1.165) is 23.9 Å². The molecule has 110 valence electrons. The van der Waals surface area contributed by atoms with Gasteiger partial charge in [-0.2, -0.15) is 13.2 Å². The van der Waals surface area contributed by atoms with Gasteiger partial charge in [-0.3, -0.25) is 4.79 Å². The first-order valence-electron chi connectivity index (χ1n) is 5.79. The molecule has 0 unspecified atom stereocenters. The van der Waals surface area contributed by atoms with Crippen LogP contribution in [0.4, 0.5) is 17.6 Å². The number of nitrogens with zero attached hydrogens (tertiary/aromatic N) is 1. The first kappa shape index (κ1) is 15.5. The number of alkyl halides is 3. The number of benzene rings is 1. The Morgan fingerprint density at radius 2 is 1.90 bits per heavy atom. The maximum atomic E-state index is 13.8. The van der Waals surface area contributed by atoms with Gasteiger partial charge >= 0.3 is 6.18 Å². The maximum Gasteiger partial charge on any atom is 0.417 e. The van der Waals surface area contributed by atoms with Crippen LogP contribution in [0.15, 0.2) is 46.5 Å². The third kappa shape index (κ3) is 3.81. The normalized spacial score (nSPS) is 11.5. The first-order chi connectivity index (χ1) is 9.77. The summed E-state index contributed by atoms with van der Waals surface area (Å²) < 4.78 is 51.0.